The van der Waals surface area contributed by atoms with Crippen molar-refractivity contribution in [1.29, 1.82) is 0 Å². The Hall–Kier alpha value is -3.25. The molecule has 156 valence electrons. The van der Waals surface area contributed by atoms with Crippen molar-refractivity contribution >= 4 is 5.91 Å². The van der Waals surface area contributed by atoms with Crippen molar-refractivity contribution < 1.29 is 4.79 Å². The third-order valence-corrected chi connectivity index (χ3v) is 5.32. The van der Waals surface area contributed by atoms with Crippen LogP contribution in [0.3, 0.4) is 0 Å². The van der Waals surface area contributed by atoms with Crippen molar-refractivity contribution in [2.45, 2.75) is 26.8 Å². The fourth-order valence-corrected chi connectivity index (χ4v) is 3.24. The predicted octanol–water partition coefficient (Wildman–Crippen LogP) is 3.19. The van der Waals surface area contributed by atoms with Gasteiger partial charge >= 0.3 is 0 Å². The molecule has 0 radical (unpaired) electrons. The summed E-state index contributed by atoms with van der Waals surface area (Å²) in [5, 5.41) is 7.18. The number of likely N-dealkylation sites (N-methyl/N-ethyl adjacent to an activating group) is 1. The minimum Gasteiger partial charge on any atom is -0.349 e. The maximum Gasteiger partial charge on any atom is 0.275 e. The lowest BCUT2D eigenvalue weighted by atomic mass is 10.0. The highest BCUT2D eigenvalue weighted by molar-refractivity contribution is 5.92. The van der Waals surface area contributed by atoms with Gasteiger partial charge in [0, 0.05) is 18.8 Å². The molecule has 1 N–H and O–H groups in total. The van der Waals surface area contributed by atoms with E-state index < -0.39 is 11.3 Å². The number of nitrogens with zero attached hydrogens (tertiary/aromatic N) is 3. The molecule has 1 amide bonds. The molecule has 6 heteroatoms. The Labute approximate surface area is 177 Å². The molecule has 3 rings (SSSR count). The maximum absolute atomic E-state index is 12.8. The van der Waals surface area contributed by atoms with Crippen LogP contribution < -0.4 is 10.7 Å². The molecule has 30 heavy (non-hydrogen) atoms. The van der Waals surface area contributed by atoms with E-state index in [2.05, 4.69) is 34.7 Å². The van der Waals surface area contributed by atoms with Crippen LogP contribution in [-0.2, 0) is 0 Å². The van der Waals surface area contributed by atoms with E-state index in [9.17, 15) is 9.59 Å². The molecule has 0 spiro atoms. The average Bonchev–Trinajstić information content (AvgIpc) is 2.71. The van der Waals surface area contributed by atoms with Crippen molar-refractivity contribution in [3.8, 4) is 5.69 Å². The molecule has 1 heterocycles. The van der Waals surface area contributed by atoms with Crippen molar-refractivity contribution in [3.63, 3.8) is 0 Å². The fourth-order valence-electron chi connectivity index (χ4n) is 3.24. The van der Waals surface area contributed by atoms with Gasteiger partial charge in [0.1, 0.15) is 0 Å². The number of rotatable bonds is 6. The van der Waals surface area contributed by atoms with E-state index in [0.29, 0.717) is 6.54 Å². The van der Waals surface area contributed by atoms with Crippen molar-refractivity contribution in [1.82, 2.24) is 20.0 Å². The van der Waals surface area contributed by atoms with Crippen LogP contribution in [0, 0.1) is 20.8 Å². The van der Waals surface area contributed by atoms with Gasteiger partial charge in [-0.2, -0.15) is 5.10 Å². The van der Waals surface area contributed by atoms with Gasteiger partial charge < -0.3 is 10.2 Å². The van der Waals surface area contributed by atoms with Gasteiger partial charge in [-0.1, -0.05) is 35.9 Å². The molecule has 0 aliphatic rings. The van der Waals surface area contributed by atoms with E-state index in [-0.39, 0.29) is 11.7 Å². The first kappa shape index (κ1) is 21.5. The van der Waals surface area contributed by atoms with Gasteiger partial charge in [0.15, 0.2) is 5.69 Å². The molecule has 0 aliphatic heterocycles. The normalized spacial score (nSPS) is 12.1. The largest absolute Gasteiger partial charge is 0.349 e. The third kappa shape index (κ3) is 4.83. The van der Waals surface area contributed by atoms with Crippen LogP contribution in [0.5, 0.6) is 0 Å². The molecule has 0 aliphatic carbocycles. The zero-order chi connectivity index (χ0) is 21.8. The Morgan fingerprint density at radius 1 is 1.03 bits per heavy atom. The second-order valence-electron chi connectivity index (χ2n) is 7.84. The highest BCUT2D eigenvalue weighted by Gasteiger charge is 2.18. The highest BCUT2D eigenvalue weighted by Crippen LogP contribution is 2.18. The Morgan fingerprint density at radius 3 is 2.37 bits per heavy atom. The third-order valence-electron chi connectivity index (χ3n) is 5.32. The van der Waals surface area contributed by atoms with Crippen LogP contribution in [0.15, 0.2) is 59.5 Å². The van der Waals surface area contributed by atoms with Gasteiger partial charge in [0.2, 0.25) is 5.43 Å². The summed E-state index contributed by atoms with van der Waals surface area (Å²) in [6.07, 6.45) is 1.58. The van der Waals surface area contributed by atoms with E-state index in [1.807, 2.05) is 58.0 Å². The molecule has 0 fully saturated rings. The van der Waals surface area contributed by atoms with Gasteiger partial charge in [0.05, 0.1) is 11.7 Å². The summed E-state index contributed by atoms with van der Waals surface area (Å²) in [5.74, 6) is -0.475. The summed E-state index contributed by atoms with van der Waals surface area (Å²) in [6.45, 7) is 6.46. The van der Waals surface area contributed by atoms with Crippen molar-refractivity contribution in [2.24, 2.45) is 0 Å². The first-order valence-electron chi connectivity index (χ1n) is 9.95. The lowest BCUT2D eigenvalue weighted by molar-refractivity contribution is 0.0934. The van der Waals surface area contributed by atoms with Gasteiger partial charge in [-0.05, 0) is 63.7 Å². The van der Waals surface area contributed by atoms with Gasteiger partial charge in [0.25, 0.3) is 5.91 Å². The molecule has 6 nitrogen and oxygen atoms in total. The number of amides is 1. The van der Waals surface area contributed by atoms with Crippen molar-refractivity contribution in [2.75, 3.05) is 20.6 Å². The highest BCUT2D eigenvalue weighted by atomic mass is 16.2. The lowest BCUT2D eigenvalue weighted by Crippen LogP contribution is -2.37. The molecule has 0 unspecified atom stereocenters. The molecule has 2 aromatic carbocycles. The summed E-state index contributed by atoms with van der Waals surface area (Å²) in [5.41, 5.74) is 4.86. The summed E-state index contributed by atoms with van der Waals surface area (Å²) < 4.78 is 1.56. The van der Waals surface area contributed by atoms with E-state index in [4.69, 9.17) is 0 Å². The summed E-state index contributed by atoms with van der Waals surface area (Å²) >= 11 is 0. The second kappa shape index (κ2) is 9.05. The predicted molar refractivity (Wildman–Crippen MR) is 119 cm³/mol. The van der Waals surface area contributed by atoms with Gasteiger partial charge in [-0.15, -0.1) is 0 Å². The average molecular weight is 405 g/mol. The lowest BCUT2D eigenvalue weighted by Gasteiger charge is -2.25. The second-order valence-corrected chi connectivity index (χ2v) is 7.84. The molecule has 1 atom stereocenters. The van der Waals surface area contributed by atoms with Crippen LogP contribution in [0.4, 0.5) is 0 Å². The van der Waals surface area contributed by atoms with E-state index >= 15 is 0 Å². The first-order chi connectivity index (χ1) is 14.3. The molecule has 3 aromatic rings. The van der Waals surface area contributed by atoms with E-state index in [1.165, 1.54) is 17.2 Å². The van der Waals surface area contributed by atoms with E-state index in [0.717, 1.165) is 16.8 Å². The number of benzene rings is 2. The monoisotopic (exact) mass is 404 g/mol. The zero-order valence-corrected chi connectivity index (χ0v) is 18.1. The number of carbonyl (C=O) groups excluding carboxylic acids is 1. The van der Waals surface area contributed by atoms with Crippen LogP contribution in [0.25, 0.3) is 5.69 Å². The number of aromatic nitrogens is 2. The summed E-state index contributed by atoms with van der Waals surface area (Å²) in [7, 11) is 3.92. The molecule has 0 bridgehead atoms. The molecule has 0 saturated carbocycles. The number of nitrogens with one attached hydrogen (secondary N) is 1. The van der Waals surface area contributed by atoms with Gasteiger partial charge in [-0.3, -0.25) is 9.59 Å². The quantitative estimate of drug-likeness (QED) is 0.685. The summed E-state index contributed by atoms with van der Waals surface area (Å²) in [4.78, 5) is 27.1. The Bertz CT molecular complexity index is 1100. The van der Waals surface area contributed by atoms with E-state index in [1.54, 1.807) is 10.9 Å². The SMILES string of the molecule is Cc1ccc([C@@H](CNC(=O)c2nn(-c3ccc(C)c(C)c3)ccc2=O)N(C)C)cc1. The first-order valence-corrected chi connectivity index (χ1v) is 9.95. The number of hydrogen-bond acceptors (Lipinski definition) is 4. The maximum atomic E-state index is 12.8. The topological polar surface area (TPSA) is 67.2 Å². The minimum atomic E-state index is -0.475. The fraction of sp³-hybridized carbons (Fsp3) is 0.292. The van der Waals surface area contributed by atoms with Crippen LogP contribution in [-0.4, -0.2) is 41.2 Å². The van der Waals surface area contributed by atoms with Crippen LogP contribution >= 0.6 is 0 Å². The van der Waals surface area contributed by atoms with Crippen molar-refractivity contribution in [3.05, 3.63) is 92.9 Å². The number of aryl methyl sites for hydroxylation is 3. The van der Waals surface area contributed by atoms with Crippen LogP contribution in [0.2, 0.25) is 0 Å². The van der Waals surface area contributed by atoms with Crippen LogP contribution in [0.1, 0.15) is 38.8 Å². The molecular formula is C24H28N4O2. The Morgan fingerprint density at radius 2 is 1.73 bits per heavy atom. The molecule has 1 aromatic heterocycles. The Kier molecular flexibility index (Phi) is 6.47. The summed E-state index contributed by atoms with van der Waals surface area (Å²) in [6, 6.07) is 15.5. The molecular weight excluding hydrogens is 376 g/mol. The Balaban J connectivity index is 1.81. The zero-order valence-electron chi connectivity index (χ0n) is 18.1. The standard InChI is InChI=1S/C24H28N4O2/c1-16-6-9-19(10-7-16)21(27(4)5)15-25-24(30)23-22(29)12-13-28(26-23)20-11-8-17(2)18(3)14-20/h6-14,21H,15H2,1-5H3,(H,25,30)/t21-/m1/s1. The molecule has 0 saturated heterocycles. The smallest absolute Gasteiger partial charge is 0.275 e. The minimum absolute atomic E-state index is 0.0137. The van der Waals surface area contributed by atoms with Gasteiger partial charge in [-0.25, -0.2) is 4.68 Å². The number of carbonyl (C=O) groups is 1. The number of hydrogen-bond donors (Lipinski definition) is 1.